The average molecular weight is 522 g/mol. The zero-order valence-corrected chi connectivity index (χ0v) is 20.6. The third kappa shape index (κ3) is 6.31. The van der Waals surface area contributed by atoms with Crippen molar-refractivity contribution in [1.82, 2.24) is 15.3 Å². The molecule has 8 nitrogen and oxygen atoms in total. The van der Waals surface area contributed by atoms with Gasteiger partial charge in [-0.05, 0) is 68.1 Å². The number of carboxylic acids is 1. The molecule has 0 aliphatic rings. The summed E-state index contributed by atoms with van der Waals surface area (Å²) in [5.74, 6) is -1.40. The maximum absolute atomic E-state index is 12.6. The topological polar surface area (TPSA) is 144 Å². The molecule has 1 aromatic carbocycles. The Morgan fingerprint density at radius 2 is 1.94 bits per heavy atom. The first kappa shape index (κ1) is 26.1. The minimum absolute atomic E-state index is 0.0220. The summed E-state index contributed by atoms with van der Waals surface area (Å²) in [4.78, 5) is 34.2. The summed E-state index contributed by atoms with van der Waals surface area (Å²) in [6.45, 7) is 0.853. The first-order valence-corrected chi connectivity index (χ1v) is 12.2. The van der Waals surface area contributed by atoms with Crippen molar-refractivity contribution in [3.05, 3.63) is 68.9 Å². The Balaban J connectivity index is 1.69. The number of amides is 1. The van der Waals surface area contributed by atoms with E-state index >= 15 is 0 Å². The van der Waals surface area contributed by atoms with Gasteiger partial charge in [-0.3, -0.25) is 4.79 Å². The van der Waals surface area contributed by atoms with Gasteiger partial charge in [0.2, 0.25) is 0 Å². The molecular formula is C23H25Cl2N5O3S. The van der Waals surface area contributed by atoms with E-state index in [1.165, 1.54) is 17.5 Å². The molecule has 0 aliphatic carbocycles. The van der Waals surface area contributed by atoms with Gasteiger partial charge in [0.05, 0.1) is 15.4 Å². The number of carbonyl (C=O) groups excluding carboxylic acids is 1. The Labute approximate surface area is 211 Å². The number of thiophene rings is 1. The Morgan fingerprint density at radius 1 is 1.15 bits per heavy atom. The number of carbonyl (C=O) groups is 2. The number of nitrogens with two attached hydrogens (primary N) is 2. The number of unbranched alkanes of at least 4 members (excludes halogenated alkanes) is 1. The van der Waals surface area contributed by atoms with Gasteiger partial charge in [0, 0.05) is 22.8 Å². The van der Waals surface area contributed by atoms with E-state index in [9.17, 15) is 14.7 Å². The lowest BCUT2D eigenvalue weighted by Crippen LogP contribution is -2.46. The molecule has 0 bridgehead atoms. The Hall–Kier alpha value is -2.56. The second kappa shape index (κ2) is 11.7. The van der Waals surface area contributed by atoms with Crippen LogP contribution in [0, 0.1) is 0 Å². The van der Waals surface area contributed by atoms with Gasteiger partial charge in [-0.15, -0.1) is 11.3 Å². The molecule has 34 heavy (non-hydrogen) atoms. The van der Waals surface area contributed by atoms with Crippen LogP contribution in [-0.2, 0) is 16.8 Å². The third-order valence-corrected chi connectivity index (χ3v) is 6.93. The average Bonchev–Trinajstić information content (AvgIpc) is 3.31. The molecule has 0 unspecified atom stereocenters. The maximum Gasteiger partial charge on any atom is 0.331 e. The normalized spacial score (nSPS) is 12.8. The lowest BCUT2D eigenvalue weighted by atomic mass is 9.92. The largest absolute Gasteiger partial charge is 0.480 e. The number of rotatable bonds is 11. The van der Waals surface area contributed by atoms with Crippen LogP contribution in [-0.4, -0.2) is 40.0 Å². The van der Waals surface area contributed by atoms with Crippen LogP contribution in [0.15, 0.2) is 42.6 Å². The fourth-order valence-electron chi connectivity index (χ4n) is 3.29. The van der Waals surface area contributed by atoms with E-state index in [0.717, 1.165) is 5.56 Å². The Morgan fingerprint density at radius 3 is 2.65 bits per heavy atom. The van der Waals surface area contributed by atoms with E-state index in [4.69, 9.17) is 34.7 Å². The summed E-state index contributed by atoms with van der Waals surface area (Å²) >= 11 is 13.3. The predicted octanol–water partition coefficient (Wildman–Crippen LogP) is 3.85. The molecule has 1 amide bonds. The number of hydrogen-bond acceptors (Lipinski definition) is 7. The van der Waals surface area contributed by atoms with Crippen LogP contribution in [0.5, 0.6) is 0 Å². The summed E-state index contributed by atoms with van der Waals surface area (Å²) in [5, 5.41) is 13.7. The highest BCUT2D eigenvalue weighted by Crippen LogP contribution is 2.29. The van der Waals surface area contributed by atoms with Gasteiger partial charge in [-0.1, -0.05) is 29.3 Å². The van der Waals surface area contributed by atoms with E-state index in [2.05, 4.69) is 15.3 Å². The smallest absolute Gasteiger partial charge is 0.331 e. The van der Waals surface area contributed by atoms with Gasteiger partial charge in [0.1, 0.15) is 0 Å². The summed E-state index contributed by atoms with van der Waals surface area (Å²) in [6, 6.07) is 10.4. The predicted molar refractivity (Wildman–Crippen MR) is 134 cm³/mol. The van der Waals surface area contributed by atoms with Gasteiger partial charge in [0.15, 0.2) is 11.4 Å². The van der Waals surface area contributed by atoms with E-state index in [1.807, 2.05) is 6.07 Å². The molecule has 0 saturated carbocycles. The molecule has 0 spiro atoms. The van der Waals surface area contributed by atoms with Crippen molar-refractivity contribution in [1.29, 1.82) is 0 Å². The molecule has 3 rings (SSSR count). The summed E-state index contributed by atoms with van der Waals surface area (Å²) in [5.41, 5.74) is 11.4. The standard InChI is InChI=1S/C23H25Cl2N5O3S/c24-15-4-3-14(16(25)13-15)7-11-28-20(31)19-6-5-18(34-19)17-8-12-29-21(30-17)23(27,22(32)33)9-1-2-10-26/h3-6,8,12-13H,1-2,7,9-11,26-27H2,(H,28,31)(H,32,33)/t23-/m1/s1. The molecule has 2 heterocycles. The molecule has 3 aromatic rings. The first-order valence-electron chi connectivity index (χ1n) is 10.6. The van der Waals surface area contributed by atoms with Gasteiger partial charge < -0.3 is 21.9 Å². The van der Waals surface area contributed by atoms with Gasteiger partial charge in [-0.25, -0.2) is 14.8 Å². The van der Waals surface area contributed by atoms with Crippen molar-refractivity contribution >= 4 is 46.4 Å². The zero-order chi connectivity index (χ0) is 24.7. The van der Waals surface area contributed by atoms with Crippen molar-refractivity contribution in [2.45, 2.75) is 31.2 Å². The van der Waals surface area contributed by atoms with Crippen molar-refractivity contribution in [3.8, 4) is 10.6 Å². The SMILES string of the molecule is NCCCC[C@](N)(C(=O)O)c1nccc(-c2ccc(C(=O)NCCc3ccc(Cl)cc3Cl)s2)n1. The second-order valence-electron chi connectivity index (χ2n) is 7.69. The van der Waals surface area contributed by atoms with Gasteiger partial charge in [0.25, 0.3) is 5.91 Å². The molecule has 11 heteroatoms. The summed E-state index contributed by atoms with van der Waals surface area (Å²) < 4.78 is 0. The minimum Gasteiger partial charge on any atom is -0.480 e. The van der Waals surface area contributed by atoms with E-state index in [1.54, 1.807) is 30.3 Å². The number of nitrogens with zero attached hydrogens (tertiary/aromatic N) is 2. The summed E-state index contributed by atoms with van der Waals surface area (Å²) in [7, 11) is 0. The Bertz CT molecular complexity index is 1170. The molecule has 0 saturated heterocycles. The highest BCUT2D eigenvalue weighted by molar-refractivity contribution is 7.17. The number of halogens is 2. The van der Waals surface area contributed by atoms with Crippen LogP contribution < -0.4 is 16.8 Å². The van der Waals surface area contributed by atoms with Crippen molar-refractivity contribution in [2.24, 2.45) is 11.5 Å². The highest BCUT2D eigenvalue weighted by Gasteiger charge is 2.38. The quantitative estimate of drug-likeness (QED) is 0.280. The lowest BCUT2D eigenvalue weighted by molar-refractivity contribution is -0.144. The van der Waals surface area contributed by atoms with Crippen LogP contribution in [0.2, 0.25) is 10.0 Å². The number of hydrogen-bond donors (Lipinski definition) is 4. The first-order chi connectivity index (χ1) is 16.2. The highest BCUT2D eigenvalue weighted by atomic mass is 35.5. The fourth-order valence-corrected chi connectivity index (χ4v) is 4.69. The van der Waals surface area contributed by atoms with E-state index in [0.29, 0.717) is 57.8 Å². The minimum atomic E-state index is -1.72. The van der Waals surface area contributed by atoms with Crippen molar-refractivity contribution in [2.75, 3.05) is 13.1 Å². The van der Waals surface area contributed by atoms with E-state index < -0.39 is 11.5 Å². The Kier molecular flexibility index (Phi) is 8.98. The number of nitrogens with one attached hydrogen (secondary N) is 1. The molecule has 180 valence electrons. The lowest BCUT2D eigenvalue weighted by Gasteiger charge is -2.23. The van der Waals surface area contributed by atoms with Crippen LogP contribution in [0.3, 0.4) is 0 Å². The summed E-state index contributed by atoms with van der Waals surface area (Å²) in [6.07, 6.45) is 3.39. The van der Waals surface area contributed by atoms with Gasteiger partial charge >= 0.3 is 5.97 Å². The zero-order valence-electron chi connectivity index (χ0n) is 18.3. The van der Waals surface area contributed by atoms with Gasteiger partial charge in [-0.2, -0.15) is 0 Å². The van der Waals surface area contributed by atoms with Crippen LogP contribution in [0.25, 0.3) is 10.6 Å². The molecule has 0 fully saturated rings. The van der Waals surface area contributed by atoms with Crippen LogP contribution in [0.1, 0.15) is 40.3 Å². The molecular weight excluding hydrogens is 497 g/mol. The number of aliphatic carboxylic acids is 1. The molecule has 2 aromatic heterocycles. The number of benzene rings is 1. The van der Waals surface area contributed by atoms with Crippen molar-refractivity contribution < 1.29 is 14.7 Å². The maximum atomic E-state index is 12.6. The monoisotopic (exact) mass is 521 g/mol. The molecule has 6 N–H and O–H groups in total. The van der Waals surface area contributed by atoms with E-state index in [-0.39, 0.29) is 18.2 Å². The number of aromatic nitrogens is 2. The van der Waals surface area contributed by atoms with Crippen LogP contribution in [0.4, 0.5) is 0 Å². The fraction of sp³-hybridized carbons (Fsp3) is 0.304. The number of carboxylic acid groups (broad SMARTS) is 1. The third-order valence-electron chi connectivity index (χ3n) is 5.24. The molecule has 0 aliphatic heterocycles. The molecule has 0 radical (unpaired) electrons. The second-order valence-corrected chi connectivity index (χ2v) is 9.62. The van der Waals surface area contributed by atoms with Crippen molar-refractivity contribution in [3.63, 3.8) is 0 Å². The van der Waals surface area contributed by atoms with Crippen LogP contribution >= 0.6 is 34.5 Å². The molecule has 1 atom stereocenters.